The predicted molar refractivity (Wildman–Crippen MR) is 99.4 cm³/mol. The molecule has 0 aromatic heterocycles. The first-order valence-electron chi connectivity index (χ1n) is 7.59. The van der Waals surface area contributed by atoms with Gasteiger partial charge in [-0.05, 0) is 22.9 Å². The lowest BCUT2D eigenvalue weighted by molar-refractivity contribution is 0.481. The van der Waals surface area contributed by atoms with Crippen molar-refractivity contribution in [3.05, 3.63) is 84.9 Å². The summed E-state index contributed by atoms with van der Waals surface area (Å²) >= 11 is 0. The van der Waals surface area contributed by atoms with Crippen molar-refractivity contribution in [3.8, 4) is 5.75 Å². The van der Waals surface area contributed by atoms with Crippen molar-refractivity contribution in [2.75, 3.05) is 0 Å². The molecular weight excluding hydrogens is 336 g/mol. The first kappa shape index (κ1) is 17.0. The second-order valence-electron chi connectivity index (χ2n) is 5.45. The molecule has 0 aliphatic heterocycles. The zero-order valence-corrected chi connectivity index (χ0v) is 14.0. The Morgan fingerprint density at radius 2 is 1.08 bits per heavy atom. The Morgan fingerprint density at radius 3 is 1.68 bits per heavy atom. The molecule has 0 aliphatic carbocycles. The second kappa shape index (κ2) is 6.93. The van der Waals surface area contributed by atoms with Crippen molar-refractivity contribution >= 4 is 31.7 Å². The number of hydrogen-bond donors (Lipinski definition) is 2. The average Bonchev–Trinajstić information content (AvgIpc) is 2.61. The van der Waals surface area contributed by atoms with Crippen LogP contribution in [0.25, 0.3) is 21.5 Å². The lowest BCUT2D eigenvalue weighted by Crippen LogP contribution is -1.98. The molecule has 0 spiro atoms. The molecule has 0 radical (unpaired) electrons. The topological polar surface area (TPSA) is 74.6 Å². The van der Waals surface area contributed by atoms with Gasteiger partial charge in [-0.1, -0.05) is 72.8 Å². The number of rotatable bonds is 1. The molecule has 126 valence electrons. The minimum atomic E-state index is -4.13. The number of aromatic hydroxyl groups is 1. The van der Waals surface area contributed by atoms with Gasteiger partial charge in [-0.25, -0.2) is 0 Å². The molecule has 0 amide bonds. The Morgan fingerprint density at radius 1 is 0.600 bits per heavy atom. The van der Waals surface area contributed by atoms with E-state index in [4.69, 9.17) is 4.55 Å². The molecule has 5 heteroatoms. The maximum Gasteiger partial charge on any atom is 0.295 e. The molecule has 25 heavy (non-hydrogen) atoms. The Bertz CT molecular complexity index is 1120. The zero-order chi connectivity index (χ0) is 17.9. The molecule has 0 atom stereocenters. The molecule has 4 rings (SSSR count). The van der Waals surface area contributed by atoms with Crippen LogP contribution in [0.2, 0.25) is 0 Å². The van der Waals surface area contributed by atoms with Gasteiger partial charge in [-0.2, -0.15) is 8.42 Å². The Balaban J connectivity index is 0.000000150. The van der Waals surface area contributed by atoms with Gasteiger partial charge in [0.2, 0.25) is 0 Å². The maximum atomic E-state index is 11.0. The Hall–Kier alpha value is -2.89. The first-order chi connectivity index (χ1) is 12.0. The largest absolute Gasteiger partial charge is 0.507 e. The van der Waals surface area contributed by atoms with Crippen molar-refractivity contribution < 1.29 is 18.1 Å². The third-order valence-electron chi connectivity index (χ3n) is 3.79. The molecule has 0 bridgehead atoms. The summed E-state index contributed by atoms with van der Waals surface area (Å²) in [6.07, 6.45) is 0. The zero-order valence-electron chi connectivity index (χ0n) is 13.2. The summed E-state index contributed by atoms with van der Waals surface area (Å²) in [5.74, 6) is 0.350. The highest BCUT2D eigenvalue weighted by Crippen LogP contribution is 2.23. The van der Waals surface area contributed by atoms with Crippen molar-refractivity contribution in [1.29, 1.82) is 0 Å². The first-order valence-corrected chi connectivity index (χ1v) is 9.03. The number of phenols is 1. The molecule has 2 N–H and O–H groups in total. The monoisotopic (exact) mass is 352 g/mol. The van der Waals surface area contributed by atoms with E-state index < -0.39 is 10.1 Å². The normalized spacial score (nSPS) is 11.1. The van der Waals surface area contributed by atoms with Crippen molar-refractivity contribution in [2.24, 2.45) is 0 Å². The van der Waals surface area contributed by atoms with Gasteiger partial charge < -0.3 is 5.11 Å². The highest BCUT2D eigenvalue weighted by atomic mass is 32.2. The summed E-state index contributed by atoms with van der Waals surface area (Å²) in [6, 6.07) is 25.1. The van der Waals surface area contributed by atoms with Crippen LogP contribution in [0.3, 0.4) is 0 Å². The quantitative estimate of drug-likeness (QED) is 0.490. The van der Waals surface area contributed by atoms with Gasteiger partial charge in [-0.15, -0.1) is 0 Å². The van der Waals surface area contributed by atoms with E-state index in [1.807, 2.05) is 42.5 Å². The third-order valence-corrected chi connectivity index (χ3v) is 4.71. The molecule has 0 aliphatic rings. The maximum absolute atomic E-state index is 11.0. The molecule has 0 unspecified atom stereocenters. The van der Waals surface area contributed by atoms with E-state index in [0.717, 1.165) is 16.2 Å². The Kier molecular flexibility index (Phi) is 4.70. The van der Waals surface area contributed by atoms with Gasteiger partial charge in [0.15, 0.2) is 0 Å². The number of benzene rings is 4. The fourth-order valence-corrected chi connectivity index (χ4v) is 3.34. The molecule has 4 aromatic carbocycles. The number of hydrogen-bond acceptors (Lipinski definition) is 3. The van der Waals surface area contributed by atoms with Crippen molar-refractivity contribution in [3.63, 3.8) is 0 Å². The van der Waals surface area contributed by atoms with Gasteiger partial charge in [0, 0.05) is 10.8 Å². The SMILES string of the molecule is O=S(=O)(O)c1cccc2ccccc12.Oc1cccc2ccccc12. The molecule has 4 aromatic rings. The van der Waals surface area contributed by atoms with Gasteiger partial charge in [0.25, 0.3) is 10.1 Å². The minimum Gasteiger partial charge on any atom is -0.507 e. The number of fused-ring (bicyclic) bond motifs is 2. The minimum absolute atomic E-state index is 0.0457. The summed E-state index contributed by atoms with van der Waals surface area (Å²) in [4.78, 5) is -0.0457. The van der Waals surface area contributed by atoms with Crippen LogP contribution in [0.4, 0.5) is 0 Å². The fraction of sp³-hybridized carbons (Fsp3) is 0. The van der Waals surface area contributed by atoms with Gasteiger partial charge >= 0.3 is 0 Å². The van der Waals surface area contributed by atoms with E-state index in [2.05, 4.69) is 0 Å². The average molecular weight is 352 g/mol. The van der Waals surface area contributed by atoms with Gasteiger partial charge in [-0.3, -0.25) is 4.55 Å². The van der Waals surface area contributed by atoms with Gasteiger partial charge in [0.1, 0.15) is 10.6 Å². The summed E-state index contributed by atoms with van der Waals surface area (Å²) in [5, 5.41) is 12.7. The predicted octanol–water partition coefficient (Wildman–Crippen LogP) is 4.63. The number of phenolic OH excluding ortho intramolecular Hbond substituents is 1. The van der Waals surface area contributed by atoms with Gasteiger partial charge in [0.05, 0.1) is 0 Å². The van der Waals surface area contributed by atoms with Crippen LogP contribution in [-0.2, 0) is 10.1 Å². The summed E-state index contributed by atoms with van der Waals surface area (Å²) in [5.41, 5.74) is 0. The smallest absolute Gasteiger partial charge is 0.295 e. The van der Waals surface area contributed by atoms with Crippen LogP contribution >= 0.6 is 0 Å². The van der Waals surface area contributed by atoms with Crippen LogP contribution in [0.15, 0.2) is 89.8 Å². The molecule has 0 heterocycles. The second-order valence-corrected chi connectivity index (χ2v) is 6.84. The van der Waals surface area contributed by atoms with Crippen LogP contribution in [0.1, 0.15) is 0 Å². The van der Waals surface area contributed by atoms with Crippen LogP contribution in [-0.4, -0.2) is 18.1 Å². The van der Waals surface area contributed by atoms with E-state index in [0.29, 0.717) is 11.1 Å². The highest BCUT2D eigenvalue weighted by Gasteiger charge is 2.12. The van der Waals surface area contributed by atoms with Crippen LogP contribution in [0, 0.1) is 0 Å². The Labute approximate surface area is 145 Å². The summed E-state index contributed by atoms with van der Waals surface area (Å²) in [7, 11) is -4.13. The molecule has 0 fully saturated rings. The molecular formula is C20H16O4S. The van der Waals surface area contributed by atoms with Crippen molar-refractivity contribution in [2.45, 2.75) is 4.90 Å². The molecule has 0 saturated heterocycles. The third kappa shape index (κ3) is 3.79. The summed E-state index contributed by atoms with van der Waals surface area (Å²) < 4.78 is 31.0. The van der Waals surface area contributed by atoms with Crippen LogP contribution < -0.4 is 0 Å². The van der Waals surface area contributed by atoms with E-state index in [1.54, 1.807) is 36.4 Å². The van der Waals surface area contributed by atoms with E-state index in [1.165, 1.54) is 6.07 Å². The highest BCUT2D eigenvalue weighted by molar-refractivity contribution is 7.86. The lowest BCUT2D eigenvalue weighted by atomic mass is 10.1. The lowest BCUT2D eigenvalue weighted by Gasteiger charge is -2.02. The van der Waals surface area contributed by atoms with E-state index >= 15 is 0 Å². The van der Waals surface area contributed by atoms with E-state index in [-0.39, 0.29) is 4.90 Å². The van der Waals surface area contributed by atoms with Crippen molar-refractivity contribution in [1.82, 2.24) is 0 Å². The van der Waals surface area contributed by atoms with E-state index in [9.17, 15) is 13.5 Å². The fourth-order valence-electron chi connectivity index (χ4n) is 2.63. The molecule has 0 saturated carbocycles. The summed E-state index contributed by atoms with van der Waals surface area (Å²) in [6.45, 7) is 0. The standard InChI is InChI=1S/C10H8O3S.C10H8O/c11-14(12,13)10-7-3-5-8-4-1-2-6-9(8)10;11-10-7-3-5-8-4-1-2-6-9(8)10/h1-7H,(H,11,12,13);1-7,11H. The molecule has 4 nitrogen and oxygen atoms in total. The van der Waals surface area contributed by atoms with Crippen LogP contribution in [0.5, 0.6) is 5.75 Å².